The van der Waals surface area contributed by atoms with Gasteiger partial charge in [-0.2, -0.15) is 0 Å². The molecule has 3 unspecified atom stereocenters. The maximum absolute atomic E-state index is 12.7. The number of nitrogens with one attached hydrogen (secondary N) is 1. The number of furan rings is 2. The van der Waals surface area contributed by atoms with E-state index in [-0.39, 0.29) is 12.1 Å². The van der Waals surface area contributed by atoms with Gasteiger partial charge in [0.25, 0.3) is 0 Å². The van der Waals surface area contributed by atoms with Gasteiger partial charge in [0.15, 0.2) is 0 Å². The normalized spacial score (nSPS) is 23.8. The highest BCUT2D eigenvalue weighted by Crippen LogP contribution is 2.47. The third-order valence-corrected chi connectivity index (χ3v) is 5.04. The van der Waals surface area contributed by atoms with Gasteiger partial charge in [-0.3, -0.25) is 0 Å². The molecule has 2 fully saturated rings. The summed E-state index contributed by atoms with van der Waals surface area (Å²) in [6.45, 7) is 4.70. The Bertz CT molecular complexity index is 702. The molecule has 3 atom stereocenters. The SMILES string of the molecule is CC(NC(=O)N(Cc1ccc(C2CC2C)o1)C1CC1)c1ccco1. The minimum Gasteiger partial charge on any atom is -0.467 e. The molecule has 5 nitrogen and oxygen atoms in total. The Labute approximate surface area is 142 Å². The fourth-order valence-electron chi connectivity index (χ4n) is 3.20. The van der Waals surface area contributed by atoms with E-state index in [9.17, 15) is 4.79 Å². The molecular weight excluding hydrogens is 304 g/mol. The van der Waals surface area contributed by atoms with Crippen LogP contribution in [0.1, 0.15) is 62.4 Å². The van der Waals surface area contributed by atoms with E-state index in [4.69, 9.17) is 8.83 Å². The summed E-state index contributed by atoms with van der Waals surface area (Å²) in [5.74, 6) is 4.00. The van der Waals surface area contributed by atoms with Crippen molar-refractivity contribution < 1.29 is 13.6 Å². The third-order valence-electron chi connectivity index (χ3n) is 5.04. The van der Waals surface area contributed by atoms with E-state index in [0.717, 1.165) is 36.0 Å². The number of amides is 2. The van der Waals surface area contributed by atoms with E-state index < -0.39 is 0 Å². The fourth-order valence-corrected chi connectivity index (χ4v) is 3.20. The van der Waals surface area contributed by atoms with Gasteiger partial charge in [-0.15, -0.1) is 0 Å². The van der Waals surface area contributed by atoms with Crippen LogP contribution in [0.15, 0.2) is 39.4 Å². The first kappa shape index (κ1) is 15.4. The molecule has 0 saturated heterocycles. The first-order chi connectivity index (χ1) is 11.6. The van der Waals surface area contributed by atoms with Gasteiger partial charge in [0, 0.05) is 12.0 Å². The second-order valence-electron chi connectivity index (χ2n) is 7.17. The van der Waals surface area contributed by atoms with Crippen LogP contribution in [-0.2, 0) is 6.54 Å². The molecule has 0 aliphatic heterocycles. The van der Waals surface area contributed by atoms with E-state index in [2.05, 4.69) is 18.3 Å². The second kappa shape index (κ2) is 6.04. The van der Waals surface area contributed by atoms with Crippen molar-refractivity contribution in [1.29, 1.82) is 0 Å². The van der Waals surface area contributed by atoms with Gasteiger partial charge in [0.2, 0.25) is 0 Å². The van der Waals surface area contributed by atoms with Gasteiger partial charge >= 0.3 is 6.03 Å². The first-order valence-corrected chi connectivity index (χ1v) is 8.81. The summed E-state index contributed by atoms with van der Waals surface area (Å²) >= 11 is 0. The summed E-state index contributed by atoms with van der Waals surface area (Å²) in [5.41, 5.74) is 0. The van der Waals surface area contributed by atoms with Crippen molar-refractivity contribution in [3.8, 4) is 0 Å². The number of rotatable bonds is 6. The van der Waals surface area contributed by atoms with E-state index in [1.54, 1.807) is 6.26 Å². The number of carbonyl (C=O) groups is 1. The van der Waals surface area contributed by atoms with Crippen molar-refractivity contribution in [3.05, 3.63) is 47.8 Å². The Morgan fingerprint density at radius 3 is 2.79 bits per heavy atom. The van der Waals surface area contributed by atoms with Crippen LogP contribution < -0.4 is 5.32 Å². The monoisotopic (exact) mass is 328 g/mol. The lowest BCUT2D eigenvalue weighted by Crippen LogP contribution is -2.41. The zero-order valence-corrected chi connectivity index (χ0v) is 14.2. The zero-order chi connectivity index (χ0) is 16.7. The maximum atomic E-state index is 12.7. The maximum Gasteiger partial charge on any atom is 0.318 e. The lowest BCUT2D eigenvalue weighted by molar-refractivity contribution is 0.182. The van der Waals surface area contributed by atoms with Crippen LogP contribution in [-0.4, -0.2) is 17.0 Å². The van der Waals surface area contributed by atoms with Crippen LogP contribution in [0.5, 0.6) is 0 Å². The smallest absolute Gasteiger partial charge is 0.318 e. The molecular formula is C19H24N2O3. The van der Waals surface area contributed by atoms with E-state index in [1.807, 2.05) is 30.0 Å². The number of nitrogens with zero attached hydrogens (tertiary/aromatic N) is 1. The fraction of sp³-hybridized carbons (Fsp3) is 0.526. The lowest BCUT2D eigenvalue weighted by atomic mass is 10.2. The van der Waals surface area contributed by atoms with Crippen LogP contribution in [0, 0.1) is 5.92 Å². The molecule has 0 bridgehead atoms. The molecule has 0 spiro atoms. The molecule has 5 heteroatoms. The molecule has 128 valence electrons. The Morgan fingerprint density at radius 1 is 1.38 bits per heavy atom. The predicted octanol–water partition coefficient (Wildman–Crippen LogP) is 4.43. The molecule has 2 aromatic heterocycles. The van der Waals surface area contributed by atoms with Crippen LogP contribution in [0.4, 0.5) is 4.79 Å². The average molecular weight is 328 g/mol. The van der Waals surface area contributed by atoms with Crippen molar-refractivity contribution in [1.82, 2.24) is 10.2 Å². The topological polar surface area (TPSA) is 58.6 Å². The Hall–Kier alpha value is -2.17. The Morgan fingerprint density at radius 2 is 2.17 bits per heavy atom. The largest absolute Gasteiger partial charge is 0.467 e. The van der Waals surface area contributed by atoms with Crippen LogP contribution in [0.25, 0.3) is 0 Å². The summed E-state index contributed by atoms with van der Waals surface area (Å²) in [6, 6.07) is 7.91. The molecule has 4 rings (SSSR count). The Kier molecular flexibility index (Phi) is 3.87. The molecule has 2 aromatic rings. The number of carbonyl (C=O) groups excluding carboxylic acids is 1. The summed E-state index contributed by atoms with van der Waals surface area (Å²) in [4.78, 5) is 14.6. The molecule has 1 N–H and O–H groups in total. The Balaban J connectivity index is 1.40. The quantitative estimate of drug-likeness (QED) is 0.853. The number of urea groups is 1. The minimum atomic E-state index is -0.145. The zero-order valence-electron chi connectivity index (χ0n) is 14.2. The number of hydrogen-bond acceptors (Lipinski definition) is 3. The van der Waals surface area contributed by atoms with Gasteiger partial charge in [-0.1, -0.05) is 6.92 Å². The van der Waals surface area contributed by atoms with Crippen molar-refractivity contribution in [2.24, 2.45) is 5.92 Å². The van der Waals surface area contributed by atoms with Crippen molar-refractivity contribution in [2.75, 3.05) is 0 Å². The van der Waals surface area contributed by atoms with Gasteiger partial charge in [0.05, 0.1) is 18.8 Å². The highest BCUT2D eigenvalue weighted by Gasteiger charge is 2.37. The second-order valence-corrected chi connectivity index (χ2v) is 7.17. The molecule has 0 radical (unpaired) electrons. The van der Waals surface area contributed by atoms with Gasteiger partial charge in [0.1, 0.15) is 17.3 Å². The first-order valence-electron chi connectivity index (χ1n) is 8.81. The summed E-state index contributed by atoms with van der Waals surface area (Å²) < 4.78 is 11.3. The molecule has 0 aromatic carbocycles. The summed E-state index contributed by atoms with van der Waals surface area (Å²) in [7, 11) is 0. The van der Waals surface area contributed by atoms with Gasteiger partial charge in [-0.25, -0.2) is 4.79 Å². The molecule has 2 aliphatic carbocycles. The predicted molar refractivity (Wildman–Crippen MR) is 89.4 cm³/mol. The molecule has 2 heterocycles. The molecule has 24 heavy (non-hydrogen) atoms. The summed E-state index contributed by atoms with van der Waals surface area (Å²) in [5, 5.41) is 3.02. The highest BCUT2D eigenvalue weighted by atomic mass is 16.3. The highest BCUT2D eigenvalue weighted by molar-refractivity contribution is 5.75. The number of hydrogen-bond donors (Lipinski definition) is 1. The molecule has 2 saturated carbocycles. The third kappa shape index (κ3) is 3.21. The van der Waals surface area contributed by atoms with E-state index in [0.29, 0.717) is 18.5 Å². The van der Waals surface area contributed by atoms with E-state index >= 15 is 0 Å². The summed E-state index contributed by atoms with van der Waals surface area (Å²) in [6.07, 6.45) is 4.96. The lowest BCUT2D eigenvalue weighted by Gasteiger charge is -2.23. The van der Waals surface area contributed by atoms with Crippen LogP contribution in [0.3, 0.4) is 0 Å². The average Bonchev–Trinajstić information content (AvgIpc) is 3.40. The van der Waals surface area contributed by atoms with Crippen LogP contribution >= 0.6 is 0 Å². The van der Waals surface area contributed by atoms with Crippen molar-refractivity contribution >= 4 is 6.03 Å². The van der Waals surface area contributed by atoms with Crippen LogP contribution in [0.2, 0.25) is 0 Å². The van der Waals surface area contributed by atoms with Gasteiger partial charge in [-0.05, 0) is 56.4 Å². The molecule has 2 aliphatic rings. The molecule has 2 amide bonds. The van der Waals surface area contributed by atoms with Gasteiger partial charge < -0.3 is 19.1 Å². The standard InChI is InChI=1S/C19H24N2O3/c1-12-10-16(12)18-8-7-15(24-18)11-21(14-5-6-14)19(22)20-13(2)17-4-3-9-23-17/h3-4,7-9,12-14,16H,5-6,10-11H2,1-2H3,(H,20,22). The van der Waals surface area contributed by atoms with Crippen molar-refractivity contribution in [2.45, 2.75) is 57.7 Å². The van der Waals surface area contributed by atoms with E-state index in [1.165, 1.54) is 6.42 Å². The van der Waals surface area contributed by atoms with Crippen molar-refractivity contribution in [3.63, 3.8) is 0 Å². The minimum absolute atomic E-state index is 0.0564.